The fraction of sp³-hybridized carbons (Fsp3) is 0.125. The quantitative estimate of drug-likeness (QED) is 0.777. The second-order valence-corrected chi connectivity index (χ2v) is 2.62. The van der Waals surface area contributed by atoms with Gasteiger partial charge in [0.05, 0.1) is 18.7 Å². The van der Waals surface area contributed by atoms with Gasteiger partial charge in [0.1, 0.15) is 10.8 Å². The summed E-state index contributed by atoms with van der Waals surface area (Å²) < 4.78 is 0. The lowest BCUT2D eigenvalue weighted by Crippen LogP contribution is -1.96. The largest absolute Gasteiger partial charge is 0.382 e. The smallest absolute Gasteiger partial charge is 0.151 e. The van der Waals surface area contributed by atoms with Gasteiger partial charge in [0.15, 0.2) is 5.82 Å². The Kier molecular flexibility index (Phi) is 3.23. The van der Waals surface area contributed by atoms with Crippen molar-refractivity contribution in [3.63, 3.8) is 0 Å². The molecule has 0 unspecified atom stereocenters. The van der Waals surface area contributed by atoms with E-state index in [1.165, 1.54) is 6.20 Å². The Morgan fingerprint density at radius 3 is 3.08 bits per heavy atom. The number of rotatable bonds is 2. The summed E-state index contributed by atoms with van der Waals surface area (Å²) in [6, 6.07) is 1.97. The molecular formula is C8H7ClN4. The maximum absolute atomic E-state index is 8.27. The van der Waals surface area contributed by atoms with Crippen LogP contribution in [0, 0.1) is 11.3 Å². The Morgan fingerprint density at radius 2 is 2.46 bits per heavy atom. The van der Waals surface area contributed by atoms with Gasteiger partial charge in [-0.3, -0.25) is 0 Å². The zero-order chi connectivity index (χ0) is 9.68. The number of nitrogens with zero attached hydrogens (tertiary/aromatic N) is 3. The SMILES string of the molecule is N#CCC=Cc1ncc(Cl)nc1N. The first-order valence-corrected chi connectivity index (χ1v) is 3.93. The van der Waals surface area contributed by atoms with E-state index >= 15 is 0 Å². The Labute approximate surface area is 80.7 Å². The van der Waals surface area contributed by atoms with E-state index in [1.807, 2.05) is 6.07 Å². The van der Waals surface area contributed by atoms with Crippen LogP contribution in [0.2, 0.25) is 5.15 Å². The molecule has 0 aliphatic carbocycles. The first-order chi connectivity index (χ1) is 6.24. The van der Waals surface area contributed by atoms with Gasteiger partial charge in [-0.25, -0.2) is 9.97 Å². The monoisotopic (exact) mass is 194 g/mol. The van der Waals surface area contributed by atoms with Crippen molar-refractivity contribution in [3.05, 3.63) is 23.1 Å². The molecule has 0 radical (unpaired) electrons. The highest BCUT2D eigenvalue weighted by Crippen LogP contribution is 2.11. The molecule has 66 valence electrons. The number of aromatic nitrogens is 2. The number of anilines is 1. The molecule has 0 aliphatic heterocycles. The maximum atomic E-state index is 8.27. The number of nitrogens with two attached hydrogens (primary N) is 1. The van der Waals surface area contributed by atoms with Crippen molar-refractivity contribution in [2.45, 2.75) is 6.42 Å². The summed E-state index contributed by atoms with van der Waals surface area (Å²) in [6.45, 7) is 0. The van der Waals surface area contributed by atoms with Gasteiger partial charge in [-0.1, -0.05) is 17.7 Å². The van der Waals surface area contributed by atoms with E-state index in [2.05, 4.69) is 9.97 Å². The van der Waals surface area contributed by atoms with Crippen molar-refractivity contribution in [1.82, 2.24) is 9.97 Å². The Morgan fingerprint density at radius 1 is 1.69 bits per heavy atom. The summed E-state index contributed by atoms with van der Waals surface area (Å²) in [7, 11) is 0. The summed E-state index contributed by atoms with van der Waals surface area (Å²) >= 11 is 5.55. The molecule has 0 saturated heterocycles. The molecule has 1 aromatic heterocycles. The number of hydrogen-bond donors (Lipinski definition) is 1. The lowest BCUT2D eigenvalue weighted by Gasteiger charge is -1.97. The molecule has 0 aromatic carbocycles. The normalized spacial score (nSPS) is 10.2. The van der Waals surface area contributed by atoms with Crippen LogP contribution in [0.1, 0.15) is 12.1 Å². The first-order valence-electron chi connectivity index (χ1n) is 3.55. The van der Waals surface area contributed by atoms with Crippen molar-refractivity contribution in [1.29, 1.82) is 5.26 Å². The highest BCUT2D eigenvalue weighted by molar-refractivity contribution is 6.29. The second kappa shape index (κ2) is 4.43. The lowest BCUT2D eigenvalue weighted by atomic mass is 10.3. The van der Waals surface area contributed by atoms with Gasteiger partial charge in [0, 0.05) is 0 Å². The maximum Gasteiger partial charge on any atom is 0.151 e. The van der Waals surface area contributed by atoms with Gasteiger partial charge >= 0.3 is 0 Å². The van der Waals surface area contributed by atoms with E-state index in [0.717, 1.165) is 0 Å². The molecule has 0 bridgehead atoms. The van der Waals surface area contributed by atoms with Gasteiger partial charge in [-0.15, -0.1) is 0 Å². The standard InChI is InChI=1S/C8H7ClN4/c9-7-5-12-6(8(11)13-7)3-1-2-4-10/h1,3,5H,2H2,(H2,11,13). The molecule has 0 atom stereocenters. The number of allylic oxidation sites excluding steroid dienone is 1. The van der Waals surface area contributed by atoms with Crippen molar-refractivity contribution in [3.8, 4) is 6.07 Å². The van der Waals surface area contributed by atoms with Crippen molar-refractivity contribution in [2.75, 3.05) is 5.73 Å². The van der Waals surface area contributed by atoms with E-state index in [4.69, 9.17) is 22.6 Å². The van der Waals surface area contributed by atoms with Crippen LogP contribution in [0.5, 0.6) is 0 Å². The highest BCUT2D eigenvalue weighted by atomic mass is 35.5. The fourth-order valence-corrected chi connectivity index (χ4v) is 0.882. The number of nitrogen functional groups attached to an aromatic ring is 1. The lowest BCUT2D eigenvalue weighted by molar-refractivity contribution is 1.19. The third-order valence-corrected chi connectivity index (χ3v) is 1.47. The third kappa shape index (κ3) is 2.73. The Bertz CT molecular complexity index is 367. The van der Waals surface area contributed by atoms with E-state index < -0.39 is 0 Å². The molecule has 4 nitrogen and oxygen atoms in total. The highest BCUT2D eigenvalue weighted by Gasteiger charge is 1.98. The van der Waals surface area contributed by atoms with Gasteiger partial charge < -0.3 is 5.73 Å². The van der Waals surface area contributed by atoms with Gasteiger partial charge in [0.2, 0.25) is 0 Å². The predicted octanol–water partition coefficient (Wildman–Crippen LogP) is 1.64. The van der Waals surface area contributed by atoms with Gasteiger partial charge in [0.25, 0.3) is 0 Å². The Balaban J connectivity index is 2.85. The molecule has 0 saturated carbocycles. The number of nitriles is 1. The van der Waals surface area contributed by atoms with E-state index in [1.54, 1.807) is 12.2 Å². The zero-order valence-electron chi connectivity index (χ0n) is 6.74. The molecule has 5 heteroatoms. The minimum absolute atomic E-state index is 0.259. The van der Waals surface area contributed by atoms with Crippen LogP contribution in [-0.4, -0.2) is 9.97 Å². The van der Waals surface area contributed by atoms with Crippen molar-refractivity contribution in [2.24, 2.45) is 0 Å². The molecule has 1 heterocycles. The van der Waals surface area contributed by atoms with Crippen LogP contribution in [-0.2, 0) is 0 Å². The van der Waals surface area contributed by atoms with Crippen LogP contribution in [0.25, 0.3) is 6.08 Å². The minimum Gasteiger partial charge on any atom is -0.382 e. The predicted molar refractivity (Wildman–Crippen MR) is 50.7 cm³/mol. The van der Waals surface area contributed by atoms with E-state index in [9.17, 15) is 0 Å². The van der Waals surface area contributed by atoms with Crippen LogP contribution in [0.15, 0.2) is 12.3 Å². The average Bonchev–Trinajstić information content (AvgIpc) is 2.09. The van der Waals surface area contributed by atoms with Crippen molar-refractivity contribution < 1.29 is 0 Å². The zero-order valence-corrected chi connectivity index (χ0v) is 7.49. The van der Waals surface area contributed by atoms with Crippen LogP contribution >= 0.6 is 11.6 Å². The fourth-order valence-electron chi connectivity index (χ4n) is 0.742. The molecule has 2 N–H and O–H groups in total. The first kappa shape index (κ1) is 9.49. The molecular weight excluding hydrogens is 188 g/mol. The molecule has 0 fully saturated rings. The number of halogens is 1. The average molecular weight is 195 g/mol. The van der Waals surface area contributed by atoms with Crippen LogP contribution < -0.4 is 5.73 Å². The summed E-state index contributed by atoms with van der Waals surface area (Å²) in [6.07, 6.45) is 5.03. The van der Waals surface area contributed by atoms with Crippen LogP contribution in [0.4, 0.5) is 5.82 Å². The summed E-state index contributed by atoms with van der Waals surface area (Å²) in [5, 5.41) is 8.53. The Hall–Kier alpha value is -1.60. The molecule has 13 heavy (non-hydrogen) atoms. The van der Waals surface area contributed by atoms with Crippen LogP contribution in [0.3, 0.4) is 0 Å². The van der Waals surface area contributed by atoms with Gasteiger partial charge in [-0.2, -0.15) is 5.26 Å². The molecule has 1 aromatic rings. The second-order valence-electron chi connectivity index (χ2n) is 2.23. The van der Waals surface area contributed by atoms with Crippen molar-refractivity contribution >= 4 is 23.5 Å². The summed E-state index contributed by atoms with van der Waals surface area (Å²) in [5.74, 6) is 0.265. The minimum atomic E-state index is 0.259. The topological polar surface area (TPSA) is 75.6 Å². The summed E-state index contributed by atoms with van der Waals surface area (Å²) in [5.41, 5.74) is 6.04. The molecule has 0 aliphatic rings. The molecule has 0 amide bonds. The molecule has 0 spiro atoms. The molecule has 1 rings (SSSR count). The van der Waals surface area contributed by atoms with E-state index in [-0.39, 0.29) is 11.0 Å². The summed E-state index contributed by atoms with van der Waals surface area (Å²) in [4.78, 5) is 7.73. The third-order valence-electron chi connectivity index (χ3n) is 1.28. The number of hydrogen-bond acceptors (Lipinski definition) is 4. The van der Waals surface area contributed by atoms with E-state index in [0.29, 0.717) is 12.1 Å². The van der Waals surface area contributed by atoms with Gasteiger partial charge in [-0.05, 0) is 6.08 Å².